The number of ether oxygens (including phenoxy) is 5. The first-order valence-electron chi connectivity index (χ1n) is 39.0. The summed E-state index contributed by atoms with van der Waals surface area (Å²) < 4.78 is 60.7. The van der Waals surface area contributed by atoms with Gasteiger partial charge in [0.2, 0.25) is 6.43 Å². The monoisotopic (exact) mass is 1470 g/mol. The fourth-order valence-electron chi connectivity index (χ4n) is 6.66. The summed E-state index contributed by atoms with van der Waals surface area (Å²) in [6.07, 6.45) is 11.1. The average molecular weight is 1470 g/mol. The van der Waals surface area contributed by atoms with E-state index in [0.717, 1.165) is 38.6 Å². The number of alkyl halides is 3. The summed E-state index contributed by atoms with van der Waals surface area (Å²) in [6, 6.07) is 4.56. The molecule has 3 fully saturated rings. The maximum Gasteiger partial charge on any atom is 0.239 e. The van der Waals surface area contributed by atoms with Gasteiger partial charge in [-0.05, 0) is 162 Å². The Labute approximate surface area is 641 Å². The van der Waals surface area contributed by atoms with Crippen molar-refractivity contribution in [2.75, 3.05) is 54.9 Å². The number of nitriles is 2. The zero-order valence-electron chi connectivity index (χ0n) is 79.0. The van der Waals surface area contributed by atoms with E-state index in [0.29, 0.717) is 51.8 Å². The molecule has 624 valence electrons. The zero-order valence-corrected chi connectivity index (χ0v) is 79.0. The lowest BCUT2D eigenvalue weighted by Gasteiger charge is -2.46. The number of rotatable bonds is 8. The number of nitrogens with zero attached hydrogens (tertiary/aromatic N) is 2. The molecule has 3 saturated carbocycles. The molecule has 2 unspecified atom stereocenters. The van der Waals surface area contributed by atoms with Crippen LogP contribution in [0.5, 0.6) is 0 Å². The van der Waals surface area contributed by atoms with Crippen molar-refractivity contribution in [3.63, 3.8) is 0 Å². The van der Waals surface area contributed by atoms with E-state index in [4.69, 9.17) is 39.3 Å². The lowest BCUT2D eigenvalue weighted by molar-refractivity contribution is -0.0239. The summed E-state index contributed by atoms with van der Waals surface area (Å²) in [4.78, 5) is 0. The summed E-state index contributed by atoms with van der Waals surface area (Å²) in [7, 11) is 6.97. The molecule has 9 nitrogen and oxygen atoms in total. The van der Waals surface area contributed by atoms with Gasteiger partial charge in [0.25, 0.3) is 0 Å². The second kappa shape index (κ2) is 53.4. The maximum absolute atomic E-state index is 12.2. The van der Waals surface area contributed by atoms with Crippen molar-refractivity contribution in [1.29, 1.82) is 10.5 Å². The van der Waals surface area contributed by atoms with Gasteiger partial charge in [-0.1, -0.05) is 303 Å². The van der Waals surface area contributed by atoms with Crippen LogP contribution in [0.25, 0.3) is 0 Å². The zero-order chi connectivity index (χ0) is 85.0. The molecule has 0 amide bonds. The van der Waals surface area contributed by atoms with Gasteiger partial charge in [0.1, 0.15) is 6.17 Å². The fraction of sp³-hybridized carbons (Fsp3) is 0.978. The van der Waals surface area contributed by atoms with Crippen LogP contribution < -0.4 is 0 Å². The Morgan fingerprint density at radius 3 is 0.775 bits per heavy atom. The first kappa shape index (κ1) is 121. The molecule has 0 bridgehead atoms. The highest BCUT2D eigenvalue weighted by Gasteiger charge is 2.48. The van der Waals surface area contributed by atoms with Crippen LogP contribution in [-0.2, 0) is 23.7 Å². The van der Waals surface area contributed by atoms with Crippen LogP contribution in [0, 0.1) is 110 Å². The molecule has 3 rings (SSSR count). The van der Waals surface area contributed by atoms with E-state index >= 15 is 0 Å². The Kier molecular flexibility index (Phi) is 63.5. The molecule has 0 aromatic rings. The van der Waals surface area contributed by atoms with Gasteiger partial charge in [-0.2, -0.15) is 10.5 Å². The summed E-state index contributed by atoms with van der Waals surface area (Å²) in [6.45, 7) is 101. The quantitative estimate of drug-likeness (QED) is 0.244. The van der Waals surface area contributed by atoms with E-state index in [1.165, 1.54) is 44.9 Å². The number of hydrogen-bond donors (Lipinski definition) is 2. The van der Waals surface area contributed by atoms with Gasteiger partial charge in [-0.3, -0.25) is 0 Å². The highest BCUT2D eigenvalue weighted by molar-refractivity contribution is 5.10. The molecule has 0 spiro atoms. The standard InChI is InChI=1S/C9H15N.C9H18.C8H16.5C7H16O.C6H12F2.C6H13F.C6H11N.C6H14O.C5H12O/c1-8(2,3)9(7-10)5-4-6-9;1-9(2,3)7-8-5-4-6-8;1-7(2,3)8(4)5-6-8;3*1-6(8-5)7(2,3)4;1-6(2,3)7(4,5)8;1-5-8-6-7(2,3)4;1-6(2,3)4-5(7)8;1-5(7)6(2,3)4;1-6(2,3)4-5-7;1-6(2,3)5-7-4;1-5(2,3)4-6/h4-6H2,1-3H3;8H,4-7H2,1-3H3;5-6H2,1-4H3;3*6H,1-5H3;8H,1-5H3;5-6H2,1-4H3;5H,4H2,1-3H3;5H,1-4H3;4H2,1-3H3;5H2,1-4H3;6H,4H2,1-3H3/t;;;2*6-;;;;;;;;/m...10......../s1. The number of aliphatic hydroxyl groups is 2. The van der Waals surface area contributed by atoms with Crippen molar-refractivity contribution in [3.8, 4) is 12.1 Å². The normalized spacial score (nSPS) is 16.4. The molecule has 102 heavy (non-hydrogen) atoms. The van der Waals surface area contributed by atoms with E-state index in [9.17, 15) is 18.3 Å². The first-order valence-corrected chi connectivity index (χ1v) is 39.0. The number of aliphatic hydroxyl groups excluding tert-OH is 1. The predicted octanol–water partition coefficient (Wildman–Crippen LogP) is 28.6. The summed E-state index contributed by atoms with van der Waals surface area (Å²) >= 11 is 0. The number of methoxy groups -OCH3 is 4. The molecule has 0 aromatic heterocycles. The molecule has 4 atom stereocenters. The van der Waals surface area contributed by atoms with E-state index in [2.05, 4.69) is 227 Å². The van der Waals surface area contributed by atoms with Gasteiger partial charge in [-0.15, -0.1) is 0 Å². The second-order valence-corrected chi connectivity index (χ2v) is 44.7. The third kappa shape index (κ3) is 87.4. The van der Waals surface area contributed by atoms with Gasteiger partial charge in [0.05, 0.1) is 54.7 Å². The molecular weight excluding hydrogens is 1280 g/mol. The van der Waals surface area contributed by atoms with Gasteiger partial charge < -0.3 is 33.9 Å². The molecule has 0 radical (unpaired) electrons. The lowest BCUT2D eigenvalue weighted by Crippen LogP contribution is -2.40. The molecule has 12 heteroatoms. The summed E-state index contributed by atoms with van der Waals surface area (Å²) in [5, 5.41) is 34.8. The average Bonchev–Trinajstić information content (AvgIpc) is 1.28. The van der Waals surface area contributed by atoms with Crippen LogP contribution in [0.3, 0.4) is 0 Å². The van der Waals surface area contributed by atoms with Crippen LogP contribution in [0.1, 0.15) is 396 Å². The van der Waals surface area contributed by atoms with E-state index < -0.39 is 18.2 Å². The third-order valence-corrected chi connectivity index (χ3v) is 18.7. The smallest absolute Gasteiger partial charge is 0.239 e. The van der Waals surface area contributed by atoms with Crippen molar-refractivity contribution in [3.05, 3.63) is 0 Å². The number of hydrogen-bond acceptors (Lipinski definition) is 9. The van der Waals surface area contributed by atoms with Gasteiger partial charge in [-0.25, -0.2) is 13.2 Å². The first-order chi connectivity index (χ1) is 44.3. The molecule has 0 aliphatic heterocycles. The molecular formula is C90H191F3N2O7. The Morgan fingerprint density at radius 1 is 0.451 bits per heavy atom. The molecule has 0 saturated heterocycles. The van der Waals surface area contributed by atoms with E-state index in [1.54, 1.807) is 56.1 Å². The minimum Gasteiger partial charge on any atom is -0.396 e. The van der Waals surface area contributed by atoms with Crippen LogP contribution in [0.4, 0.5) is 13.2 Å². The molecule has 3 aliphatic carbocycles. The van der Waals surface area contributed by atoms with Gasteiger partial charge in [0, 0.05) is 54.5 Å². The van der Waals surface area contributed by atoms with Crippen molar-refractivity contribution in [2.24, 2.45) is 87.1 Å². The maximum atomic E-state index is 12.2. The van der Waals surface area contributed by atoms with Crippen molar-refractivity contribution in [2.45, 2.75) is 433 Å². The highest BCUT2D eigenvalue weighted by atomic mass is 19.3. The summed E-state index contributed by atoms with van der Waals surface area (Å²) in [5.74, 6) is 1.07. The van der Waals surface area contributed by atoms with Crippen molar-refractivity contribution < 1.29 is 47.1 Å². The van der Waals surface area contributed by atoms with Crippen LogP contribution in [0.2, 0.25) is 0 Å². The molecule has 2 N–H and O–H groups in total. The third-order valence-electron chi connectivity index (χ3n) is 18.7. The van der Waals surface area contributed by atoms with Crippen LogP contribution in [0.15, 0.2) is 0 Å². The largest absolute Gasteiger partial charge is 0.396 e. The predicted molar refractivity (Wildman–Crippen MR) is 447 cm³/mol. The molecule has 0 aromatic carbocycles. The van der Waals surface area contributed by atoms with Crippen LogP contribution >= 0.6 is 0 Å². The topological polar surface area (TPSA) is 134 Å². The minimum absolute atomic E-state index is 0.00694. The van der Waals surface area contributed by atoms with Crippen LogP contribution in [-0.4, -0.2) is 102 Å². The number of halogens is 3. The minimum atomic E-state index is -2.16. The molecule has 3 aliphatic rings. The Bertz CT molecular complexity index is 1920. The Hall–Kier alpha value is -1.51. The Balaban J connectivity index is -0.000000113. The lowest BCUT2D eigenvalue weighted by atomic mass is 9.56. The van der Waals surface area contributed by atoms with Crippen molar-refractivity contribution in [1.82, 2.24) is 0 Å². The second-order valence-electron chi connectivity index (χ2n) is 44.7. The van der Waals surface area contributed by atoms with E-state index in [1.807, 2.05) is 83.1 Å². The fourth-order valence-corrected chi connectivity index (χ4v) is 6.66. The van der Waals surface area contributed by atoms with Crippen molar-refractivity contribution >= 4 is 0 Å². The Morgan fingerprint density at radius 2 is 0.755 bits per heavy atom. The molecule has 0 heterocycles. The van der Waals surface area contributed by atoms with E-state index in [-0.39, 0.29) is 67.2 Å². The summed E-state index contributed by atoms with van der Waals surface area (Å²) in [5.41, 5.74) is 2.84. The van der Waals surface area contributed by atoms with Gasteiger partial charge in [0.15, 0.2) is 0 Å². The van der Waals surface area contributed by atoms with Gasteiger partial charge >= 0.3 is 0 Å². The highest BCUT2D eigenvalue weighted by Crippen LogP contribution is 2.57. The SMILES string of the molecule is CC(C)(C)C(C)(C)O.CC(C)(C)C1(C#N)CCC1.CC(C)(C)C1(C)CC1.CC(C)(C)CC#N.CC(C)(C)CC(F)F.CC(C)(C)CC1CCC1.CC(C)(C)CO.CC(F)C(C)(C)C.CCOCC(C)(C)C.COC(C)C(C)(C)C.COCC(C)(C)C.CO[C@@H](C)C(C)(C)C.CO[C@H](C)C(C)(C)C.